The van der Waals surface area contributed by atoms with E-state index < -0.39 is 21.3 Å². The van der Waals surface area contributed by atoms with Crippen molar-refractivity contribution in [3.63, 3.8) is 0 Å². The van der Waals surface area contributed by atoms with Crippen molar-refractivity contribution in [2.45, 2.75) is 19.3 Å². The zero-order valence-electron chi connectivity index (χ0n) is 10.0. The van der Waals surface area contributed by atoms with E-state index in [4.69, 9.17) is 5.73 Å². The third-order valence-electron chi connectivity index (χ3n) is 2.48. The van der Waals surface area contributed by atoms with Crippen molar-refractivity contribution in [3.05, 3.63) is 29.8 Å². The molecule has 0 aliphatic heterocycles. The van der Waals surface area contributed by atoms with Gasteiger partial charge in [-0.05, 0) is 31.5 Å². The molecular formula is C11H16N2O3S. The minimum atomic E-state index is -3.55. The standard InChI is InChI=1S/C11H16N2O3S/c1-11(2,10(14)13-17(3,15)16)8-4-6-9(12)7-5-8/h4-7H,12H2,1-3H3,(H,13,14). The van der Waals surface area contributed by atoms with Crippen LogP contribution in [0.5, 0.6) is 0 Å². The fourth-order valence-electron chi connectivity index (χ4n) is 1.33. The molecule has 0 fully saturated rings. The monoisotopic (exact) mass is 256 g/mol. The van der Waals surface area contributed by atoms with Gasteiger partial charge >= 0.3 is 0 Å². The van der Waals surface area contributed by atoms with Gasteiger partial charge in [0.25, 0.3) is 0 Å². The number of benzene rings is 1. The van der Waals surface area contributed by atoms with Crippen LogP contribution in [0.1, 0.15) is 19.4 Å². The average molecular weight is 256 g/mol. The van der Waals surface area contributed by atoms with E-state index in [0.717, 1.165) is 6.26 Å². The lowest BCUT2D eigenvalue weighted by atomic mass is 9.84. The van der Waals surface area contributed by atoms with Gasteiger partial charge in [0, 0.05) is 5.69 Å². The SMILES string of the molecule is CC(C)(C(=O)NS(C)(=O)=O)c1ccc(N)cc1. The molecule has 1 aromatic rings. The Hall–Kier alpha value is -1.56. The van der Waals surface area contributed by atoms with Crippen LogP contribution in [-0.4, -0.2) is 20.6 Å². The number of nitrogens with one attached hydrogen (secondary N) is 1. The summed E-state index contributed by atoms with van der Waals surface area (Å²) in [5.74, 6) is -0.565. The molecule has 0 atom stereocenters. The third-order valence-corrected chi connectivity index (χ3v) is 3.03. The normalized spacial score (nSPS) is 12.2. The maximum atomic E-state index is 11.8. The Morgan fingerprint density at radius 3 is 2.12 bits per heavy atom. The molecular weight excluding hydrogens is 240 g/mol. The van der Waals surface area contributed by atoms with Crippen molar-refractivity contribution in [1.82, 2.24) is 4.72 Å². The summed E-state index contributed by atoms with van der Waals surface area (Å²) >= 11 is 0. The van der Waals surface area contributed by atoms with E-state index in [9.17, 15) is 13.2 Å². The largest absolute Gasteiger partial charge is 0.399 e. The fourth-order valence-corrected chi connectivity index (χ4v) is 1.92. The predicted octanol–water partition coefficient (Wildman–Crippen LogP) is 0.622. The summed E-state index contributed by atoms with van der Waals surface area (Å²) in [6.45, 7) is 3.30. The minimum Gasteiger partial charge on any atom is -0.399 e. The van der Waals surface area contributed by atoms with Crippen LogP contribution < -0.4 is 10.5 Å². The molecule has 94 valence electrons. The van der Waals surface area contributed by atoms with Crippen LogP contribution in [0.15, 0.2) is 24.3 Å². The first-order chi connectivity index (χ1) is 7.63. The number of nitrogen functional groups attached to an aromatic ring is 1. The maximum absolute atomic E-state index is 11.8. The summed E-state index contributed by atoms with van der Waals surface area (Å²) in [6, 6.07) is 6.75. The summed E-state index contributed by atoms with van der Waals surface area (Å²) in [4.78, 5) is 11.8. The minimum absolute atomic E-state index is 0.565. The number of rotatable bonds is 3. The van der Waals surface area contributed by atoms with Crippen LogP contribution in [-0.2, 0) is 20.2 Å². The molecule has 1 rings (SSSR count). The van der Waals surface area contributed by atoms with Crippen LogP contribution in [0.4, 0.5) is 5.69 Å². The number of carbonyl (C=O) groups excluding carboxylic acids is 1. The second-order valence-corrected chi connectivity index (χ2v) is 6.20. The topological polar surface area (TPSA) is 89.3 Å². The van der Waals surface area contributed by atoms with Crippen molar-refractivity contribution in [3.8, 4) is 0 Å². The Labute approximate surface area is 101 Å². The zero-order valence-corrected chi connectivity index (χ0v) is 10.8. The Morgan fingerprint density at radius 2 is 1.71 bits per heavy atom. The number of anilines is 1. The summed E-state index contributed by atoms with van der Waals surface area (Å²) in [7, 11) is -3.55. The molecule has 0 bridgehead atoms. The molecule has 6 heteroatoms. The molecule has 0 radical (unpaired) electrons. The van der Waals surface area contributed by atoms with E-state index in [1.165, 1.54) is 0 Å². The first-order valence-electron chi connectivity index (χ1n) is 5.01. The lowest BCUT2D eigenvalue weighted by Crippen LogP contribution is -2.42. The van der Waals surface area contributed by atoms with Gasteiger partial charge in [-0.25, -0.2) is 8.42 Å². The first kappa shape index (κ1) is 13.5. The zero-order chi connectivity index (χ0) is 13.3. The summed E-state index contributed by atoms with van der Waals surface area (Å²) < 4.78 is 24.0. The van der Waals surface area contributed by atoms with E-state index >= 15 is 0 Å². The number of hydrogen-bond donors (Lipinski definition) is 2. The van der Waals surface area contributed by atoms with Gasteiger partial charge in [0.1, 0.15) is 0 Å². The molecule has 0 heterocycles. The van der Waals surface area contributed by atoms with Crippen molar-refractivity contribution < 1.29 is 13.2 Å². The van der Waals surface area contributed by atoms with Gasteiger partial charge in [-0.3, -0.25) is 9.52 Å². The summed E-state index contributed by atoms with van der Waals surface area (Å²) in [5, 5.41) is 0. The lowest BCUT2D eigenvalue weighted by molar-refractivity contribution is -0.123. The van der Waals surface area contributed by atoms with Crippen LogP contribution in [0.25, 0.3) is 0 Å². The highest BCUT2D eigenvalue weighted by Crippen LogP contribution is 2.24. The molecule has 1 aromatic carbocycles. The highest BCUT2D eigenvalue weighted by Gasteiger charge is 2.31. The predicted molar refractivity (Wildman–Crippen MR) is 66.9 cm³/mol. The molecule has 1 amide bonds. The fraction of sp³-hybridized carbons (Fsp3) is 0.364. The second kappa shape index (κ2) is 4.37. The van der Waals surface area contributed by atoms with Crippen LogP contribution in [0.2, 0.25) is 0 Å². The number of nitrogens with two attached hydrogens (primary N) is 1. The van der Waals surface area contributed by atoms with Gasteiger partial charge in [-0.1, -0.05) is 12.1 Å². The van der Waals surface area contributed by atoms with Gasteiger partial charge in [0.15, 0.2) is 0 Å². The number of amides is 1. The Morgan fingerprint density at radius 1 is 1.24 bits per heavy atom. The van der Waals surface area contributed by atoms with Crippen LogP contribution in [0.3, 0.4) is 0 Å². The van der Waals surface area contributed by atoms with Crippen LogP contribution in [0, 0.1) is 0 Å². The first-order valence-corrected chi connectivity index (χ1v) is 6.90. The molecule has 5 nitrogen and oxygen atoms in total. The number of hydrogen-bond acceptors (Lipinski definition) is 4. The molecule has 0 saturated carbocycles. The average Bonchev–Trinajstić information content (AvgIpc) is 2.15. The summed E-state index contributed by atoms with van der Waals surface area (Å²) in [6.07, 6.45) is 0.948. The van der Waals surface area contributed by atoms with E-state index in [0.29, 0.717) is 11.3 Å². The second-order valence-electron chi connectivity index (χ2n) is 4.45. The van der Waals surface area contributed by atoms with Crippen molar-refractivity contribution in [2.75, 3.05) is 12.0 Å². The van der Waals surface area contributed by atoms with Crippen molar-refractivity contribution in [1.29, 1.82) is 0 Å². The molecule has 0 aliphatic rings. The van der Waals surface area contributed by atoms with Gasteiger partial charge in [0.2, 0.25) is 15.9 Å². The van der Waals surface area contributed by atoms with Crippen molar-refractivity contribution >= 4 is 21.6 Å². The number of carbonyl (C=O) groups is 1. The highest BCUT2D eigenvalue weighted by molar-refractivity contribution is 7.89. The molecule has 0 spiro atoms. The quantitative estimate of drug-likeness (QED) is 0.776. The van der Waals surface area contributed by atoms with Gasteiger partial charge in [0.05, 0.1) is 11.7 Å². The molecule has 0 aliphatic carbocycles. The summed E-state index contributed by atoms with van der Waals surface area (Å²) in [5.41, 5.74) is 5.91. The molecule has 0 aromatic heterocycles. The highest BCUT2D eigenvalue weighted by atomic mass is 32.2. The molecule has 17 heavy (non-hydrogen) atoms. The Bertz CT molecular complexity index is 518. The van der Waals surface area contributed by atoms with E-state index in [1.54, 1.807) is 38.1 Å². The Balaban J connectivity index is 3.02. The molecule has 3 N–H and O–H groups in total. The van der Waals surface area contributed by atoms with E-state index in [-0.39, 0.29) is 0 Å². The Kier molecular flexibility index (Phi) is 3.47. The van der Waals surface area contributed by atoms with Gasteiger partial charge in [-0.2, -0.15) is 0 Å². The van der Waals surface area contributed by atoms with Crippen LogP contribution >= 0.6 is 0 Å². The van der Waals surface area contributed by atoms with Gasteiger partial charge < -0.3 is 5.73 Å². The lowest BCUT2D eigenvalue weighted by Gasteiger charge is -2.23. The van der Waals surface area contributed by atoms with E-state index in [1.807, 2.05) is 4.72 Å². The van der Waals surface area contributed by atoms with E-state index in [2.05, 4.69) is 0 Å². The number of sulfonamides is 1. The maximum Gasteiger partial charge on any atom is 0.243 e. The third kappa shape index (κ3) is 3.45. The smallest absolute Gasteiger partial charge is 0.243 e. The van der Waals surface area contributed by atoms with Gasteiger partial charge in [-0.15, -0.1) is 0 Å². The molecule has 0 saturated heterocycles. The van der Waals surface area contributed by atoms with Crippen molar-refractivity contribution in [2.24, 2.45) is 0 Å². The molecule has 0 unspecified atom stereocenters.